The van der Waals surface area contributed by atoms with Crippen LogP contribution in [0.3, 0.4) is 0 Å². The van der Waals surface area contributed by atoms with Gasteiger partial charge in [0, 0.05) is 49.1 Å². The van der Waals surface area contributed by atoms with Crippen molar-refractivity contribution in [3.8, 4) is 11.3 Å². The zero-order valence-corrected chi connectivity index (χ0v) is 16.8. The van der Waals surface area contributed by atoms with Crippen molar-refractivity contribution in [2.24, 2.45) is 7.05 Å². The summed E-state index contributed by atoms with van der Waals surface area (Å²) < 4.78 is 2.10. The third-order valence-electron chi connectivity index (χ3n) is 6.37. The number of rotatable bonds is 5. The van der Waals surface area contributed by atoms with E-state index in [9.17, 15) is 0 Å². The third kappa shape index (κ3) is 3.37. The number of hydrogen-bond acceptors (Lipinski definition) is 3. The maximum Gasteiger partial charge on any atom is 0.0707 e. The summed E-state index contributed by atoms with van der Waals surface area (Å²) in [4.78, 5) is 7.24. The fourth-order valence-corrected chi connectivity index (χ4v) is 4.70. The van der Waals surface area contributed by atoms with Crippen LogP contribution in [0.25, 0.3) is 11.3 Å². The van der Waals surface area contributed by atoms with Crippen LogP contribution in [0.4, 0.5) is 0 Å². The number of aromatic nitrogens is 3. The first kappa shape index (κ1) is 17.6. The van der Waals surface area contributed by atoms with Crippen LogP contribution >= 0.6 is 0 Å². The van der Waals surface area contributed by atoms with Gasteiger partial charge in [0.2, 0.25) is 0 Å². The minimum atomic E-state index is 0.590. The van der Waals surface area contributed by atoms with E-state index in [1.807, 2.05) is 6.20 Å². The summed E-state index contributed by atoms with van der Waals surface area (Å²) in [6.07, 6.45) is 7.94. The Kier molecular flexibility index (Phi) is 4.52. The molecular weight excluding hydrogens is 344 g/mol. The molecule has 1 aliphatic heterocycles. The third-order valence-corrected chi connectivity index (χ3v) is 6.37. The molecule has 1 atom stereocenters. The molecule has 0 spiro atoms. The normalized spacial score (nSPS) is 20.0. The largest absolute Gasteiger partial charge is 0.298 e. The summed E-state index contributed by atoms with van der Waals surface area (Å²) in [5.74, 6) is 1.34. The van der Waals surface area contributed by atoms with Crippen molar-refractivity contribution in [3.05, 3.63) is 71.2 Å². The van der Waals surface area contributed by atoms with Gasteiger partial charge < -0.3 is 0 Å². The summed E-state index contributed by atoms with van der Waals surface area (Å²) in [6.45, 7) is 5.47. The molecule has 28 heavy (non-hydrogen) atoms. The van der Waals surface area contributed by atoms with Crippen LogP contribution in [0.15, 0.2) is 48.8 Å². The summed E-state index contributed by atoms with van der Waals surface area (Å²) in [7, 11) is 2.09. The Bertz CT molecular complexity index is 986. The molecule has 5 rings (SSSR count). The minimum Gasteiger partial charge on any atom is -0.298 e. The van der Waals surface area contributed by atoms with Crippen LogP contribution in [0.5, 0.6) is 0 Å². The van der Waals surface area contributed by atoms with E-state index >= 15 is 0 Å². The van der Waals surface area contributed by atoms with Gasteiger partial charge in [-0.2, -0.15) is 5.10 Å². The first-order valence-electron chi connectivity index (χ1n) is 10.4. The van der Waals surface area contributed by atoms with Crippen LogP contribution in [-0.2, 0) is 13.6 Å². The van der Waals surface area contributed by atoms with Gasteiger partial charge in [-0.25, -0.2) is 0 Å². The molecule has 2 fully saturated rings. The highest BCUT2D eigenvalue weighted by Crippen LogP contribution is 2.42. The van der Waals surface area contributed by atoms with E-state index in [1.54, 1.807) is 0 Å². The predicted octanol–water partition coefficient (Wildman–Crippen LogP) is 4.66. The van der Waals surface area contributed by atoms with Crippen molar-refractivity contribution >= 4 is 0 Å². The number of hydrogen-bond donors (Lipinski definition) is 0. The van der Waals surface area contributed by atoms with Gasteiger partial charge in [0.25, 0.3) is 0 Å². The summed E-state index contributed by atoms with van der Waals surface area (Å²) >= 11 is 0. The zero-order valence-electron chi connectivity index (χ0n) is 16.8. The van der Waals surface area contributed by atoms with Crippen molar-refractivity contribution in [2.45, 2.75) is 44.6 Å². The lowest BCUT2D eigenvalue weighted by molar-refractivity contribution is 0.325. The van der Waals surface area contributed by atoms with Gasteiger partial charge in [0.05, 0.1) is 11.9 Å². The molecule has 1 saturated carbocycles. The lowest BCUT2D eigenvalue weighted by Crippen LogP contribution is -2.20. The molecule has 1 aromatic carbocycles. The monoisotopic (exact) mass is 372 g/mol. The Morgan fingerprint density at radius 1 is 1.07 bits per heavy atom. The van der Waals surface area contributed by atoms with E-state index in [-0.39, 0.29) is 0 Å². The highest BCUT2D eigenvalue weighted by Gasteiger charge is 2.31. The van der Waals surface area contributed by atoms with Crippen molar-refractivity contribution in [1.29, 1.82) is 0 Å². The number of benzene rings is 1. The van der Waals surface area contributed by atoms with Gasteiger partial charge >= 0.3 is 0 Å². The molecule has 3 aromatic rings. The van der Waals surface area contributed by atoms with Crippen molar-refractivity contribution in [2.75, 3.05) is 13.1 Å². The van der Waals surface area contributed by atoms with Crippen molar-refractivity contribution in [1.82, 2.24) is 19.7 Å². The Balaban J connectivity index is 1.31. The molecule has 0 unspecified atom stereocenters. The predicted molar refractivity (Wildman–Crippen MR) is 112 cm³/mol. The van der Waals surface area contributed by atoms with Crippen LogP contribution in [0.2, 0.25) is 0 Å². The molecule has 0 N–H and O–H groups in total. The molecule has 1 saturated heterocycles. The topological polar surface area (TPSA) is 34.0 Å². The Morgan fingerprint density at radius 3 is 2.75 bits per heavy atom. The molecule has 0 amide bonds. The summed E-state index contributed by atoms with van der Waals surface area (Å²) in [5.41, 5.74) is 7.94. The van der Waals surface area contributed by atoms with Crippen LogP contribution in [0, 0.1) is 6.92 Å². The quantitative estimate of drug-likeness (QED) is 0.653. The van der Waals surface area contributed by atoms with Gasteiger partial charge in [0.1, 0.15) is 0 Å². The second kappa shape index (κ2) is 7.17. The van der Waals surface area contributed by atoms with Crippen LogP contribution in [0.1, 0.15) is 53.5 Å². The van der Waals surface area contributed by atoms with Gasteiger partial charge in [-0.05, 0) is 61.9 Å². The van der Waals surface area contributed by atoms with Gasteiger partial charge in [-0.3, -0.25) is 14.6 Å². The number of aryl methyl sites for hydroxylation is 2. The van der Waals surface area contributed by atoms with Gasteiger partial charge in [-0.15, -0.1) is 0 Å². The molecule has 4 nitrogen and oxygen atoms in total. The Labute approximate surface area is 167 Å². The fourth-order valence-electron chi connectivity index (χ4n) is 4.70. The lowest BCUT2D eigenvalue weighted by Gasteiger charge is -2.17. The molecule has 1 aliphatic carbocycles. The average Bonchev–Trinajstić information content (AvgIpc) is 3.32. The zero-order chi connectivity index (χ0) is 19.1. The van der Waals surface area contributed by atoms with E-state index in [0.29, 0.717) is 5.92 Å². The maximum atomic E-state index is 4.64. The first-order valence-corrected chi connectivity index (χ1v) is 10.4. The molecule has 3 heterocycles. The van der Waals surface area contributed by atoms with Gasteiger partial charge in [0.15, 0.2) is 0 Å². The number of likely N-dealkylation sites (tertiary alicyclic amines) is 1. The van der Waals surface area contributed by atoms with E-state index in [2.05, 4.69) is 76.2 Å². The van der Waals surface area contributed by atoms with Crippen LogP contribution in [-0.4, -0.2) is 32.8 Å². The molecule has 2 aliphatic rings. The van der Waals surface area contributed by atoms with E-state index in [1.165, 1.54) is 47.2 Å². The highest BCUT2D eigenvalue weighted by atomic mass is 15.3. The summed E-state index contributed by atoms with van der Waals surface area (Å²) in [6, 6.07) is 13.0. The standard InChI is InChI=1S/C24H28N4/c1-17-5-3-4-6-22(17)23-13-19(9-11-25-23)20-10-12-28(15-20)16-21-14-26-27(2)24(21)18-7-8-18/h3-6,9,11,13-14,18,20H,7-8,10,12,15-16H2,1-2H3/t20-/m0/s1. The smallest absolute Gasteiger partial charge is 0.0707 e. The second-order valence-electron chi connectivity index (χ2n) is 8.46. The maximum absolute atomic E-state index is 4.64. The highest BCUT2D eigenvalue weighted by molar-refractivity contribution is 5.63. The van der Waals surface area contributed by atoms with E-state index in [4.69, 9.17) is 0 Å². The molecule has 4 heteroatoms. The van der Waals surface area contributed by atoms with E-state index < -0.39 is 0 Å². The van der Waals surface area contributed by atoms with Crippen molar-refractivity contribution < 1.29 is 0 Å². The second-order valence-corrected chi connectivity index (χ2v) is 8.46. The number of pyridine rings is 1. The van der Waals surface area contributed by atoms with Crippen molar-refractivity contribution in [3.63, 3.8) is 0 Å². The summed E-state index contributed by atoms with van der Waals surface area (Å²) in [5, 5.41) is 4.53. The minimum absolute atomic E-state index is 0.590. The average molecular weight is 373 g/mol. The number of nitrogens with zero attached hydrogens (tertiary/aromatic N) is 4. The molecule has 0 bridgehead atoms. The molecule has 144 valence electrons. The first-order chi connectivity index (χ1) is 13.7. The molecular formula is C24H28N4. The Hall–Kier alpha value is -2.46. The Morgan fingerprint density at radius 2 is 1.93 bits per heavy atom. The lowest BCUT2D eigenvalue weighted by atomic mass is 9.96. The van der Waals surface area contributed by atoms with Crippen LogP contribution < -0.4 is 0 Å². The SMILES string of the molecule is Cc1ccccc1-c1cc([C@H]2CCN(Cc3cnn(C)c3C3CC3)C2)ccn1. The molecule has 0 radical (unpaired) electrons. The van der Waals surface area contributed by atoms with Gasteiger partial charge in [-0.1, -0.05) is 24.3 Å². The fraction of sp³-hybridized carbons (Fsp3) is 0.417. The molecule has 2 aromatic heterocycles. The van der Waals surface area contributed by atoms with E-state index in [0.717, 1.165) is 31.2 Å².